The summed E-state index contributed by atoms with van der Waals surface area (Å²) in [5.41, 5.74) is 0.106. The van der Waals surface area contributed by atoms with E-state index in [2.05, 4.69) is 31.4 Å². The van der Waals surface area contributed by atoms with Crippen molar-refractivity contribution >= 4 is 15.9 Å². The van der Waals surface area contributed by atoms with Gasteiger partial charge in [-0.2, -0.15) is 0 Å². The van der Waals surface area contributed by atoms with Crippen molar-refractivity contribution in [3.8, 4) is 11.5 Å². The molecule has 0 radical (unpaired) electrons. The molecule has 102 valence electrons. The Balaban J connectivity index is 2.02. The maximum Gasteiger partial charge on any atom is 0.248 e. The zero-order valence-corrected chi connectivity index (χ0v) is 12.4. The van der Waals surface area contributed by atoms with Gasteiger partial charge < -0.3 is 14.8 Å². The van der Waals surface area contributed by atoms with Gasteiger partial charge in [0.2, 0.25) is 11.8 Å². The van der Waals surface area contributed by atoms with E-state index in [1.54, 1.807) is 13.8 Å². The first-order valence-electron chi connectivity index (χ1n) is 5.96. The average Bonchev–Trinajstić information content (AvgIpc) is 2.76. The zero-order chi connectivity index (χ0) is 13.9. The fraction of sp³-hybridized carbons (Fsp3) is 0.385. The highest BCUT2D eigenvalue weighted by Gasteiger charge is 2.14. The summed E-state index contributed by atoms with van der Waals surface area (Å²) in [6, 6.07) is 7.67. The van der Waals surface area contributed by atoms with Gasteiger partial charge in [-0.05, 0) is 41.9 Å². The number of nitrogens with one attached hydrogen (secondary N) is 1. The molecule has 0 unspecified atom stereocenters. The van der Waals surface area contributed by atoms with Gasteiger partial charge in [0, 0.05) is 11.0 Å². The third-order valence-corrected chi connectivity index (χ3v) is 3.10. The number of halogens is 1. The molecule has 2 N–H and O–H groups in total. The second-order valence-electron chi connectivity index (χ2n) is 4.90. The van der Waals surface area contributed by atoms with Gasteiger partial charge in [0.15, 0.2) is 0 Å². The molecule has 0 saturated carbocycles. The number of hydrogen-bond donors (Lipinski definition) is 2. The summed E-state index contributed by atoms with van der Waals surface area (Å²) in [7, 11) is 0. The number of aromatic nitrogens is 2. The first-order chi connectivity index (χ1) is 8.96. The Kier molecular flexibility index (Phi) is 4.34. The van der Waals surface area contributed by atoms with E-state index >= 15 is 0 Å². The van der Waals surface area contributed by atoms with E-state index in [4.69, 9.17) is 4.42 Å². The maximum atomic E-state index is 9.58. The molecule has 0 fully saturated rings. The van der Waals surface area contributed by atoms with Gasteiger partial charge >= 0.3 is 0 Å². The Morgan fingerprint density at radius 1 is 1.32 bits per heavy atom. The molecule has 0 bridgehead atoms. The van der Waals surface area contributed by atoms with Crippen molar-refractivity contribution < 1.29 is 9.52 Å². The molecule has 2 aromatic rings. The lowest BCUT2D eigenvalue weighted by Crippen LogP contribution is -2.34. The molecule has 6 heteroatoms. The van der Waals surface area contributed by atoms with Gasteiger partial charge in [-0.15, -0.1) is 10.2 Å². The van der Waals surface area contributed by atoms with E-state index in [9.17, 15) is 5.11 Å². The molecule has 0 aliphatic rings. The van der Waals surface area contributed by atoms with Crippen LogP contribution in [0.5, 0.6) is 0 Å². The van der Waals surface area contributed by atoms with Crippen molar-refractivity contribution in [3.05, 3.63) is 34.6 Å². The second-order valence-corrected chi connectivity index (χ2v) is 5.75. The molecule has 0 aliphatic heterocycles. The highest BCUT2D eigenvalue weighted by molar-refractivity contribution is 9.10. The summed E-state index contributed by atoms with van der Waals surface area (Å²) in [6.07, 6.45) is 0. The molecular weight excluding hydrogens is 310 g/mol. The van der Waals surface area contributed by atoms with E-state index in [0.29, 0.717) is 24.9 Å². The number of rotatable bonds is 5. The predicted octanol–water partition coefficient (Wildman–Crippen LogP) is 2.36. The topological polar surface area (TPSA) is 71.2 Å². The minimum Gasteiger partial charge on any atom is -0.419 e. The van der Waals surface area contributed by atoms with Crippen LogP contribution < -0.4 is 5.32 Å². The van der Waals surface area contributed by atoms with E-state index < -0.39 is 5.60 Å². The summed E-state index contributed by atoms with van der Waals surface area (Å²) < 4.78 is 6.48. The van der Waals surface area contributed by atoms with Crippen molar-refractivity contribution in [2.45, 2.75) is 26.0 Å². The minimum absolute atomic E-state index is 0.432. The van der Waals surface area contributed by atoms with E-state index in [-0.39, 0.29) is 0 Å². The lowest BCUT2D eigenvalue weighted by Gasteiger charge is -2.16. The first kappa shape index (κ1) is 14.2. The number of hydrogen-bond acceptors (Lipinski definition) is 5. The number of aliphatic hydroxyl groups is 1. The highest BCUT2D eigenvalue weighted by Crippen LogP contribution is 2.26. The lowest BCUT2D eigenvalue weighted by molar-refractivity contribution is 0.0789. The Labute approximate surface area is 120 Å². The third-order valence-electron chi connectivity index (χ3n) is 2.40. The van der Waals surface area contributed by atoms with Gasteiger partial charge in [-0.25, -0.2) is 0 Å². The highest BCUT2D eigenvalue weighted by atomic mass is 79.9. The van der Waals surface area contributed by atoms with Crippen molar-refractivity contribution in [1.29, 1.82) is 0 Å². The van der Waals surface area contributed by atoms with E-state index in [1.165, 1.54) is 0 Å². The first-order valence-corrected chi connectivity index (χ1v) is 6.75. The summed E-state index contributed by atoms with van der Waals surface area (Å²) >= 11 is 3.44. The van der Waals surface area contributed by atoms with Crippen LogP contribution in [0.15, 0.2) is 33.2 Å². The summed E-state index contributed by atoms with van der Waals surface area (Å²) in [5, 5.41) is 20.6. The number of nitrogens with zero attached hydrogens (tertiary/aromatic N) is 2. The molecule has 5 nitrogen and oxygen atoms in total. The van der Waals surface area contributed by atoms with Gasteiger partial charge in [0.05, 0.1) is 17.7 Å². The van der Waals surface area contributed by atoms with Crippen molar-refractivity contribution in [3.63, 3.8) is 0 Å². The molecular formula is C13H16BrN3O2. The van der Waals surface area contributed by atoms with Crippen LogP contribution in [0.4, 0.5) is 0 Å². The van der Waals surface area contributed by atoms with Gasteiger partial charge in [-0.1, -0.05) is 12.1 Å². The minimum atomic E-state index is -0.759. The molecule has 0 spiro atoms. The smallest absolute Gasteiger partial charge is 0.248 e. The normalized spacial score (nSPS) is 11.8. The van der Waals surface area contributed by atoms with Crippen LogP contribution in [0.1, 0.15) is 19.7 Å². The fourth-order valence-corrected chi connectivity index (χ4v) is 2.00. The summed E-state index contributed by atoms with van der Waals surface area (Å²) in [4.78, 5) is 0. The van der Waals surface area contributed by atoms with Crippen LogP contribution in [-0.4, -0.2) is 27.4 Å². The number of benzene rings is 1. The van der Waals surface area contributed by atoms with Crippen LogP contribution in [0.3, 0.4) is 0 Å². The van der Waals surface area contributed by atoms with Crippen molar-refractivity contribution in [2.75, 3.05) is 6.54 Å². The van der Waals surface area contributed by atoms with E-state index in [0.717, 1.165) is 10.0 Å². The SMILES string of the molecule is CC(C)(O)CNCc1nnc(-c2ccccc2Br)o1. The van der Waals surface area contributed by atoms with Crippen LogP contribution in [0.25, 0.3) is 11.5 Å². The second kappa shape index (κ2) is 5.81. The molecule has 0 atom stereocenters. The fourth-order valence-electron chi connectivity index (χ4n) is 1.54. The van der Waals surface area contributed by atoms with E-state index in [1.807, 2.05) is 24.3 Å². The zero-order valence-electron chi connectivity index (χ0n) is 10.9. The van der Waals surface area contributed by atoms with Crippen LogP contribution in [0, 0.1) is 0 Å². The van der Waals surface area contributed by atoms with Crippen LogP contribution in [0.2, 0.25) is 0 Å². The van der Waals surface area contributed by atoms with Crippen molar-refractivity contribution in [1.82, 2.24) is 15.5 Å². The molecule has 0 amide bonds. The van der Waals surface area contributed by atoms with Crippen LogP contribution in [-0.2, 0) is 6.54 Å². The van der Waals surface area contributed by atoms with Gasteiger partial charge in [0.1, 0.15) is 0 Å². The lowest BCUT2D eigenvalue weighted by atomic mass is 10.1. The molecule has 1 aromatic carbocycles. The molecule has 2 rings (SSSR count). The standard InChI is InChI=1S/C13H16BrN3O2/c1-13(2,18)8-15-7-11-16-17-12(19-11)9-5-3-4-6-10(9)14/h3-6,15,18H,7-8H2,1-2H3. The predicted molar refractivity (Wildman–Crippen MR) is 75.4 cm³/mol. The molecule has 1 aromatic heterocycles. The van der Waals surface area contributed by atoms with Gasteiger partial charge in [-0.3, -0.25) is 0 Å². The molecule has 19 heavy (non-hydrogen) atoms. The van der Waals surface area contributed by atoms with Crippen LogP contribution >= 0.6 is 15.9 Å². The molecule has 1 heterocycles. The third kappa shape index (κ3) is 4.12. The average molecular weight is 326 g/mol. The Morgan fingerprint density at radius 3 is 2.74 bits per heavy atom. The molecule has 0 saturated heterocycles. The monoisotopic (exact) mass is 325 g/mol. The Hall–Kier alpha value is -1.24. The van der Waals surface area contributed by atoms with Crippen molar-refractivity contribution in [2.24, 2.45) is 0 Å². The Morgan fingerprint density at radius 2 is 2.05 bits per heavy atom. The maximum absolute atomic E-state index is 9.58. The summed E-state index contributed by atoms with van der Waals surface area (Å²) in [6.45, 7) is 4.36. The van der Waals surface area contributed by atoms with Gasteiger partial charge in [0.25, 0.3) is 0 Å². The molecule has 0 aliphatic carbocycles. The summed E-state index contributed by atoms with van der Waals surface area (Å²) in [5.74, 6) is 0.975. The largest absolute Gasteiger partial charge is 0.419 e. The Bertz CT molecular complexity index is 549. The quantitative estimate of drug-likeness (QED) is 0.883.